The van der Waals surface area contributed by atoms with Crippen LogP contribution in [0.5, 0.6) is 0 Å². The van der Waals surface area contributed by atoms with Crippen LogP contribution in [-0.2, 0) is 9.53 Å². The number of hydrogen-bond donors (Lipinski definition) is 3. The highest BCUT2D eigenvalue weighted by molar-refractivity contribution is 8.01. The highest BCUT2D eigenvalue weighted by atomic mass is 32.2. The predicted octanol–water partition coefficient (Wildman–Crippen LogP) is 2.31. The molecule has 0 unspecified atom stereocenters. The van der Waals surface area contributed by atoms with E-state index in [0.29, 0.717) is 26.5 Å². The van der Waals surface area contributed by atoms with Crippen molar-refractivity contribution in [3.63, 3.8) is 0 Å². The molecular weight excluding hydrogens is 386 g/mol. The summed E-state index contributed by atoms with van der Waals surface area (Å²) in [6, 6.07) is 4.94. The Hall–Kier alpha value is -2.59. The molecule has 1 aromatic carbocycles. The van der Waals surface area contributed by atoms with Gasteiger partial charge in [0.1, 0.15) is 0 Å². The van der Waals surface area contributed by atoms with Gasteiger partial charge in [-0.25, -0.2) is 9.59 Å². The number of nitrogens with zero attached hydrogens (tertiary/aromatic N) is 2. The fourth-order valence-corrected chi connectivity index (χ4v) is 4.40. The quantitative estimate of drug-likeness (QED) is 0.516. The summed E-state index contributed by atoms with van der Waals surface area (Å²) in [5.41, 5.74) is 9.31. The third-order valence-corrected chi connectivity index (χ3v) is 5.98. The third kappa shape index (κ3) is 4.22. The SMILES string of the molecule is COC(=O)C1=C(CSc2nnc(N)s2)NC(=O)N[C@H]1c1cc(C)ccc1C. The molecule has 0 saturated carbocycles. The number of esters is 1. The molecule has 0 aliphatic carbocycles. The monoisotopic (exact) mass is 405 g/mol. The van der Waals surface area contributed by atoms with Gasteiger partial charge in [-0.2, -0.15) is 0 Å². The van der Waals surface area contributed by atoms with Gasteiger partial charge >= 0.3 is 12.0 Å². The maximum atomic E-state index is 12.6. The lowest BCUT2D eigenvalue weighted by molar-refractivity contribution is -0.136. The maximum Gasteiger partial charge on any atom is 0.338 e. The van der Waals surface area contributed by atoms with Gasteiger partial charge in [0.15, 0.2) is 4.34 Å². The zero-order valence-corrected chi connectivity index (χ0v) is 16.7. The molecule has 10 heteroatoms. The first kappa shape index (κ1) is 19.2. The van der Waals surface area contributed by atoms with Crippen LogP contribution in [0.3, 0.4) is 0 Å². The number of nitrogens with one attached hydrogen (secondary N) is 2. The van der Waals surface area contributed by atoms with E-state index in [1.54, 1.807) is 0 Å². The zero-order chi connectivity index (χ0) is 19.6. The molecule has 1 atom stereocenters. The van der Waals surface area contributed by atoms with Crippen LogP contribution in [0.15, 0.2) is 33.8 Å². The summed E-state index contributed by atoms with van der Waals surface area (Å²) in [5.74, 6) is -0.172. The largest absolute Gasteiger partial charge is 0.466 e. The summed E-state index contributed by atoms with van der Waals surface area (Å²) >= 11 is 2.59. The number of amides is 2. The summed E-state index contributed by atoms with van der Waals surface area (Å²) < 4.78 is 5.64. The number of aromatic nitrogens is 2. The van der Waals surface area contributed by atoms with Crippen molar-refractivity contribution in [3.8, 4) is 0 Å². The molecule has 1 aliphatic heterocycles. The van der Waals surface area contributed by atoms with E-state index in [4.69, 9.17) is 10.5 Å². The van der Waals surface area contributed by atoms with Crippen LogP contribution in [-0.4, -0.2) is 35.1 Å². The Morgan fingerprint density at radius 1 is 1.37 bits per heavy atom. The molecule has 2 aromatic rings. The van der Waals surface area contributed by atoms with Gasteiger partial charge in [-0.15, -0.1) is 10.2 Å². The van der Waals surface area contributed by atoms with Crippen LogP contribution >= 0.6 is 23.1 Å². The standard InChI is InChI=1S/C17H19N5O3S2/c1-8-4-5-9(2)10(6-8)13-12(14(23)25-3)11(19-16(24)20-13)7-26-17-22-21-15(18)27-17/h4-6,13H,7H2,1-3H3,(H2,18,21)(H2,19,20,24)/t13-/m0/s1. The lowest BCUT2D eigenvalue weighted by atomic mass is 9.91. The van der Waals surface area contributed by atoms with Gasteiger partial charge in [0.25, 0.3) is 0 Å². The summed E-state index contributed by atoms with van der Waals surface area (Å²) in [6.07, 6.45) is 0. The van der Waals surface area contributed by atoms with Crippen molar-refractivity contribution in [3.05, 3.63) is 46.2 Å². The van der Waals surface area contributed by atoms with E-state index in [1.165, 1.54) is 30.2 Å². The molecule has 142 valence electrons. The minimum atomic E-state index is -0.596. The highest BCUT2D eigenvalue weighted by Gasteiger charge is 2.34. The average Bonchev–Trinajstić information content (AvgIpc) is 3.06. The molecule has 1 aliphatic rings. The van der Waals surface area contributed by atoms with E-state index in [-0.39, 0.29) is 6.03 Å². The molecule has 0 spiro atoms. The number of rotatable bonds is 5. The number of carbonyl (C=O) groups is 2. The average molecular weight is 406 g/mol. The molecular formula is C17H19N5O3S2. The molecule has 8 nitrogen and oxygen atoms in total. The van der Waals surface area contributed by atoms with Crippen LogP contribution in [0.1, 0.15) is 22.7 Å². The van der Waals surface area contributed by atoms with Crippen LogP contribution in [0, 0.1) is 13.8 Å². The van der Waals surface area contributed by atoms with Crippen LogP contribution < -0.4 is 16.4 Å². The van der Waals surface area contributed by atoms with Crippen molar-refractivity contribution >= 4 is 40.2 Å². The normalized spacial score (nSPS) is 16.7. The van der Waals surface area contributed by atoms with Crippen molar-refractivity contribution in [1.82, 2.24) is 20.8 Å². The summed E-state index contributed by atoms with van der Waals surface area (Å²) in [6.45, 7) is 3.90. The van der Waals surface area contributed by atoms with E-state index < -0.39 is 12.0 Å². The van der Waals surface area contributed by atoms with E-state index in [9.17, 15) is 9.59 Å². The van der Waals surface area contributed by atoms with E-state index in [0.717, 1.165) is 16.7 Å². The lowest BCUT2D eigenvalue weighted by Crippen LogP contribution is -2.46. The molecule has 4 N–H and O–H groups in total. The van der Waals surface area contributed by atoms with Crippen molar-refractivity contribution in [2.24, 2.45) is 0 Å². The molecule has 0 saturated heterocycles. The summed E-state index contributed by atoms with van der Waals surface area (Å²) in [7, 11) is 1.32. The Morgan fingerprint density at radius 2 is 2.15 bits per heavy atom. The van der Waals surface area contributed by atoms with Gasteiger partial charge < -0.3 is 21.1 Å². The molecule has 0 radical (unpaired) electrons. The fourth-order valence-electron chi connectivity index (χ4n) is 2.80. The lowest BCUT2D eigenvalue weighted by Gasteiger charge is -2.30. The second kappa shape index (κ2) is 7.97. The van der Waals surface area contributed by atoms with Crippen LogP contribution in [0.25, 0.3) is 0 Å². The van der Waals surface area contributed by atoms with Gasteiger partial charge in [0.2, 0.25) is 5.13 Å². The molecule has 0 fully saturated rings. The number of methoxy groups -OCH3 is 1. The molecule has 2 heterocycles. The van der Waals surface area contributed by atoms with E-state index in [2.05, 4.69) is 20.8 Å². The number of thioether (sulfide) groups is 1. The van der Waals surface area contributed by atoms with Crippen molar-refractivity contribution in [2.45, 2.75) is 24.2 Å². The molecule has 3 rings (SSSR count). The number of nitrogen functional groups attached to an aromatic ring is 1. The van der Waals surface area contributed by atoms with Crippen molar-refractivity contribution in [1.29, 1.82) is 0 Å². The number of hydrogen-bond acceptors (Lipinski definition) is 8. The number of urea groups is 1. The Kier molecular flexibility index (Phi) is 5.66. The minimum absolute atomic E-state index is 0.327. The summed E-state index contributed by atoms with van der Waals surface area (Å²) in [5, 5.41) is 13.6. The number of benzene rings is 1. The Morgan fingerprint density at radius 3 is 2.81 bits per heavy atom. The molecule has 27 heavy (non-hydrogen) atoms. The van der Waals surface area contributed by atoms with Gasteiger partial charge in [0, 0.05) is 11.4 Å². The zero-order valence-electron chi connectivity index (χ0n) is 15.0. The van der Waals surface area contributed by atoms with Crippen molar-refractivity contribution < 1.29 is 14.3 Å². The molecule has 2 amide bonds. The topological polar surface area (TPSA) is 119 Å². The van der Waals surface area contributed by atoms with Crippen LogP contribution in [0.4, 0.5) is 9.93 Å². The van der Waals surface area contributed by atoms with Gasteiger partial charge in [0.05, 0.1) is 18.7 Å². The molecule has 0 bridgehead atoms. The van der Waals surface area contributed by atoms with Gasteiger partial charge in [-0.3, -0.25) is 0 Å². The van der Waals surface area contributed by atoms with E-state index in [1.807, 2.05) is 32.0 Å². The van der Waals surface area contributed by atoms with Gasteiger partial charge in [-0.05, 0) is 25.0 Å². The van der Waals surface area contributed by atoms with Crippen molar-refractivity contribution in [2.75, 3.05) is 18.6 Å². The first-order valence-electron chi connectivity index (χ1n) is 8.07. The van der Waals surface area contributed by atoms with Crippen LogP contribution in [0.2, 0.25) is 0 Å². The highest BCUT2D eigenvalue weighted by Crippen LogP contribution is 2.33. The number of nitrogens with two attached hydrogens (primary N) is 1. The first-order chi connectivity index (χ1) is 12.9. The number of anilines is 1. The number of ether oxygens (including phenoxy) is 1. The Bertz CT molecular complexity index is 925. The fraction of sp³-hybridized carbons (Fsp3) is 0.294. The smallest absolute Gasteiger partial charge is 0.338 e. The third-order valence-electron chi connectivity index (χ3n) is 4.07. The first-order valence-corrected chi connectivity index (χ1v) is 9.87. The molecule has 1 aromatic heterocycles. The number of carbonyl (C=O) groups excluding carboxylic acids is 2. The number of aryl methyl sites for hydroxylation is 2. The Balaban J connectivity index is 2.01. The van der Waals surface area contributed by atoms with E-state index >= 15 is 0 Å². The van der Waals surface area contributed by atoms with Gasteiger partial charge in [-0.1, -0.05) is 46.9 Å². The summed E-state index contributed by atoms with van der Waals surface area (Å²) in [4.78, 5) is 24.8. The second-order valence-corrected chi connectivity index (χ2v) is 8.20. The maximum absolute atomic E-state index is 12.6. The second-order valence-electron chi connectivity index (χ2n) is 5.97. The predicted molar refractivity (Wildman–Crippen MR) is 104 cm³/mol. The Labute approximate surface area is 164 Å². The minimum Gasteiger partial charge on any atom is -0.466 e.